The summed E-state index contributed by atoms with van der Waals surface area (Å²) in [5, 5.41) is 6.67. The molecule has 1 aliphatic rings. The lowest BCUT2D eigenvalue weighted by Crippen LogP contribution is -2.23. The minimum atomic E-state index is -3.07. The van der Waals surface area contributed by atoms with E-state index in [1.165, 1.54) is 0 Å². The Balaban J connectivity index is 1.67. The van der Waals surface area contributed by atoms with Gasteiger partial charge in [0.2, 0.25) is 5.91 Å². The standard InChI is InChI=1S/C16H19N3O4S/c1-10(2)14-18-16(23-19-14)11-3-5-13(6-4-11)17-15(20)12-7-8-24(21,22)9-12/h3-6,10,12H,7-9H2,1-2H3,(H,17,20)/t12-/m1/s1. The summed E-state index contributed by atoms with van der Waals surface area (Å²) in [4.78, 5) is 16.4. The summed E-state index contributed by atoms with van der Waals surface area (Å²) >= 11 is 0. The predicted octanol–water partition coefficient (Wildman–Crippen LogP) is 2.23. The van der Waals surface area contributed by atoms with Gasteiger partial charge < -0.3 is 9.84 Å². The largest absolute Gasteiger partial charge is 0.334 e. The Kier molecular flexibility index (Phi) is 4.40. The molecule has 7 nitrogen and oxygen atoms in total. The van der Waals surface area contributed by atoms with Gasteiger partial charge in [0.25, 0.3) is 5.89 Å². The van der Waals surface area contributed by atoms with Gasteiger partial charge in [-0.25, -0.2) is 8.42 Å². The first kappa shape index (κ1) is 16.6. The van der Waals surface area contributed by atoms with Gasteiger partial charge in [-0.1, -0.05) is 19.0 Å². The fourth-order valence-corrected chi connectivity index (χ4v) is 4.27. The fourth-order valence-electron chi connectivity index (χ4n) is 2.53. The Labute approximate surface area is 140 Å². The number of amides is 1. The van der Waals surface area contributed by atoms with Crippen molar-refractivity contribution in [2.24, 2.45) is 5.92 Å². The molecule has 128 valence electrons. The molecule has 1 saturated heterocycles. The average molecular weight is 349 g/mol. The highest BCUT2D eigenvalue weighted by atomic mass is 32.2. The molecule has 24 heavy (non-hydrogen) atoms. The van der Waals surface area contributed by atoms with Gasteiger partial charge in [0.05, 0.1) is 17.4 Å². The number of sulfone groups is 1. The highest BCUT2D eigenvalue weighted by Gasteiger charge is 2.32. The van der Waals surface area contributed by atoms with Crippen LogP contribution < -0.4 is 5.32 Å². The van der Waals surface area contributed by atoms with Gasteiger partial charge in [-0.2, -0.15) is 4.98 Å². The molecule has 0 spiro atoms. The van der Waals surface area contributed by atoms with E-state index in [0.29, 0.717) is 23.8 Å². The van der Waals surface area contributed by atoms with Crippen LogP contribution in [0.2, 0.25) is 0 Å². The van der Waals surface area contributed by atoms with Crippen LogP contribution in [-0.2, 0) is 14.6 Å². The number of nitrogens with one attached hydrogen (secondary N) is 1. The number of hydrogen-bond acceptors (Lipinski definition) is 6. The number of nitrogens with zero attached hydrogens (tertiary/aromatic N) is 2. The van der Waals surface area contributed by atoms with Crippen molar-refractivity contribution < 1.29 is 17.7 Å². The highest BCUT2D eigenvalue weighted by Crippen LogP contribution is 2.23. The first-order valence-electron chi connectivity index (χ1n) is 7.79. The molecule has 1 atom stereocenters. The van der Waals surface area contributed by atoms with Crippen molar-refractivity contribution in [2.45, 2.75) is 26.2 Å². The number of anilines is 1. The maximum absolute atomic E-state index is 12.1. The molecule has 2 aromatic rings. The van der Waals surface area contributed by atoms with Gasteiger partial charge in [-0.3, -0.25) is 4.79 Å². The number of carbonyl (C=O) groups is 1. The molecule has 8 heteroatoms. The number of rotatable bonds is 4. The predicted molar refractivity (Wildman–Crippen MR) is 89.2 cm³/mol. The first-order valence-corrected chi connectivity index (χ1v) is 9.61. The van der Waals surface area contributed by atoms with Gasteiger partial charge in [-0.15, -0.1) is 0 Å². The highest BCUT2D eigenvalue weighted by molar-refractivity contribution is 7.91. The van der Waals surface area contributed by atoms with Crippen LogP contribution in [0.5, 0.6) is 0 Å². The van der Waals surface area contributed by atoms with Gasteiger partial charge >= 0.3 is 0 Å². The van der Waals surface area contributed by atoms with Crippen LogP contribution in [0.1, 0.15) is 32.0 Å². The summed E-state index contributed by atoms with van der Waals surface area (Å²) in [5.41, 5.74) is 1.37. The molecule has 1 amide bonds. The third-order valence-corrected chi connectivity index (χ3v) is 5.73. The second-order valence-corrected chi connectivity index (χ2v) is 8.51. The minimum absolute atomic E-state index is 0.0725. The summed E-state index contributed by atoms with van der Waals surface area (Å²) < 4.78 is 28.1. The topological polar surface area (TPSA) is 102 Å². The molecule has 1 N–H and O–H groups in total. The number of carbonyl (C=O) groups excluding carboxylic acids is 1. The zero-order chi connectivity index (χ0) is 17.3. The lowest BCUT2D eigenvalue weighted by Gasteiger charge is -2.09. The van der Waals surface area contributed by atoms with Crippen LogP contribution >= 0.6 is 0 Å². The Morgan fingerprint density at radius 3 is 2.54 bits per heavy atom. The van der Waals surface area contributed by atoms with Crippen LogP contribution in [-0.4, -0.2) is 36.0 Å². The van der Waals surface area contributed by atoms with E-state index in [1.807, 2.05) is 13.8 Å². The third-order valence-electron chi connectivity index (χ3n) is 3.96. The average Bonchev–Trinajstić information content (AvgIpc) is 3.15. The second kappa shape index (κ2) is 6.35. The molecular weight excluding hydrogens is 330 g/mol. The van der Waals surface area contributed by atoms with E-state index >= 15 is 0 Å². The van der Waals surface area contributed by atoms with Crippen molar-refractivity contribution in [1.82, 2.24) is 10.1 Å². The molecule has 0 radical (unpaired) electrons. The summed E-state index contributed by atoms with van der Waals surface area (Å²) in [7, 11) is -3.07. The zero-order valence-corrected chi connectivity index (χ0v) is 14.3. The van der Waals surface area contributed by atoms with Crippen LogP contribution in [0.3, 0.4) is 0 Å². The molecule has 1 aromatic heterocycles. The molecule has 0 bridgehead atoms. The van der Waals surface area contributed by atoms with Crippen LogP contribution in [0.25, 0.3) is 11.5 Å². The van der Waals surface area contributed by atoms with E-state index in [4.69, 9.17) is 4.52 Å². The van der Waals surface area contributed by atoms with Crippen molar-refractivity contribution in [1.29, 1.82) is 0 Å². The molecule has 1 fully saturated rings. The van der Waals surface area contributed by atoms with Crippen molar-refractivity contribution in [2.75, 3.05) is 16.8 Å². The lowest BCUT2D eigenvalue weighted by molar-refractivity contribution is -0.119. The normalized spacial score (nSPS) is 19.5. The quantitative estimate of drug-likeness (QED) is 0.908. The Hall–Kier alpha value is -2.22. The van der Waals surface area contributed by atoms with E-state index in [-0.39, 0.29) is 23.3 Å². The van der Waals surface area contributed by atoms with Gasteiger partial charge in [0.1, 0.15) is 0 Å². The second-order valence-electron chi connectivity index (χ2n) is 6.28. The van der Waals surface area contributed by atoms with E-state index in [0.717, 1.165) is 5.56 Å². The summed E-state index contributed by atoms with van der Waals surface area (Å²) in [6, 6.07) is 7.02. The summed E-state index contributed by atoms with van der Waals surface area (Å²) in [5.74, 6) is 0.533. The van der Waals surface area contributed by atoms with Gasteiger partial charge in [-0.05, 0) is 30.7 Å². The van der Waals surface area contributed by atoms with E-state index in [2.05, 4.69) is 15.5 Å². The monoisotopic (exact) mass is 349 g/mol. The summed E-state index contributed by atoms with van der Waals surface area (Å²) in [6.45, 7) is 3.97. The molecular formula is C16H19N3O4S. The molecule has 1 aromatic carbocycles. The Bertz CT molecular complexity index is 840. The lowest BCUT2D eigenvalue weighted by atomic mass is 10.1. The minimum Gasteiger partial charge on any atom is -0.334 e. The Morgan fingerprint density at radius 1 is 1.29 bits per heavy atom. The van der Waals surface area contributed by atoms with Crippen molar-refractivity contribution in [3.8, 4) is 11.5 Å². The van der Waals surface area contributed by atoms with Gasteiger partial charge in [0.15, 0.2) is 15.7 Å². The Morgan fingerprint density at radius 2 is 2.00 bits per heavy atom. The number of benzene rings is 1. The van der Waals surface area contributed by atoms with Crippen molar-refractivity contribution in [3.05, 3.63) is 30.1 Å². The number of aromatic nitrogens is 2. The third kappa shape index (κ3) is 3.64. The zero-order valence-electron chi connectivity index (χ0n) is 13.5. The molecule has 0 aliphatic carbocycles. The van der Waals surface area contributed by atoms with Crippen LogP contribution in [0.15, 0.2) is 28.8 Å². The fraction of sp³-hybridized carbons (Fsp3) is 0.438. The van der Waals surface area contributed by atoms with Crippen molar-refractivity contribution in [3.63, 3.8) is 0 Å². The molecule has 1 aliphatic heterocycles. The van der Waals surface area contributed by atoms with Crippen LogP contribution in [0.4, 0.5) is 5.69 Å². The molecule has 2 heterocycles. The van der Waals surface area contributed by atoms with E-state index in [9.17, 15) is 13.2 Å². The van der Waals surface area contributed by atoms with E-state index in [1.54, 1.807) is 24.3 Å². The van der Waals surface area contributed by atoms with Crippen molar-refractivity contribution >= 4 is 21.4 Å². The molecule has 3 rings (SSSR count). The van der Waals surface area contributed by atoms with Crippen LogP contribution in [0, 0.1) is 5.92 Å². The van der Waals surface area contributed by atoms with E-state index < -0.39 is 15.8 Å². The molecule has 0 saturated carbocycles. The first-order chi connectivity index (χ1) is 11.3. The number of hydrogen-bond donors (Lipinski definition) is 1. The maximum atomic E-state index is 12.1. The molecule has 0 unspecified atom stereocenters. The summed E-state index contributed by atoms with van der Waals surface area (Å²) in [6.07, 6.45) is 0.381. The maximum Gasteiger partial charge on any atom is 0.257 e. The SMILES string of the molecule is CC(C)c1noc(-c2ccc(NC(=O)[C@@H]3CCS(=O)(=O)C3)cc2)n1. The smallest absolute Gasteiger partial charge is 0.257 e. The van der Waals surface area contributed by atoms with Gasteiger partial charge in [0, 0.05) is 17.2 Å².